The van der Waals surface area contributed by atoms with Gasteiger partial charge >= 0.3 is 0 Å². The summed E-state index contributed by atoms with van der Waals surface area (Å²) in [5, 5.41) is 0. The van der Waals surface area contributed by atoms with Gasteiger partial charge < -0.3 is 10.6 Å². The molecular formula is C14H17N3. The minimum absolute atomic E-state index is 0.516. The molecule has 3 nitrogen and oxygen atoms in total. The van der Waals surface area contributed by atoms with Gasteiger partial charge in [-0.15, -0.1) is 0 Å². The van der Waals surface area contributed by atoms with Gasteiger partial charge in [-0.3, -0.25) is 0 Å². The lowest BCUT2D eigenvalue weighted by Gasteiger charge is -2.20. The van der Waals surface area contributed by atoms with E-state index in [1.165, 1.54) is 5.56 Å². The minimum Gasteiger partial charge on any atom is -0.355 e. The van der Waals surface area contributed by atoms with Crippen LogP contribution in [0.5, 0.6) is 0 Å². The first kappa shape index (κ1) is 11.6. The van der Waals surface area contributed by atoms with Crippen LogP contribution in [-0.4, -0.2) is 12.0 Å². The van der Waals surface area contributed by atoms with Gasteiger partial charge in [0.05, 0.1) is 0 Å². The molecule has 2 aromatic rings. The van der Waals surface area contributed by atoms with Crippen LogP contribution in [-0.2, 0) is 13.1 Å². The van der Waals surface area contributed by atoms with Crippen molar-refractivity contribution in [3.63, 3.8) is 0 Å². The van der Waals surface area contributed by atoms with Crippen molar-refractivity contribution >= 4 is 5.82 Å². The highest BCUT2D eigenvalue weighted by Gasteiger charge is 2.07. The molecule has 0 amide bonds. The first-order chi connectivity index (χ1) is 8.31. The lowest BCUT2D eigenvalue weighted by molar-refractivity contribution is 0.876. The Bertz CT molecular complexity index is 468. The lowest BCUT2D eigenvalue weighted by atomic mass is 10.2. The van der Waals surface area contributed by atoms with E-state index in [0.29, 0.717) is 6.54 Å². The molecule has 0 aliphatic rings. The fourth-order valence-corrected chi connectivity index (χ4v) is 1.87. The van der Waals surface area contributed by atoms with Crippen molar-refractivity contribution in [2.24, 2.45) is 5.73 Å². The highest BCUT2D eigenvalue weighted by molar-refractivity contribution is 5.46. The maximum absolute atomic E-state index is 5.72. The van der Waals surface area contributed by atoms with Crippen LogP contribution in [0.4, 0.5) is 5.82 Å². The molecule has 2 N–H and O–H groups in total. The van der Waals surface area contributed by atoms with E-state index in [1.807, 2.05) is 37.4 Å². The van der Waals surface area contributed by atoms with Crippen LogP contribution in [0.3, 0.4) is 0 Å². The molecule has 1 heterocycles. The number of anilines is 1. The SMILES string of the molecule is CN(Cc1ccccc1)c1ncccc1CN. The predicted molar refractivity (Wildman–Crippen MR) is 70.7 cm³/mol. The molecule has 1 aromatic carbocycles. The Balaban J connectivity index is 2.17. The number of pyridine rings is 1. The summed E-state index contributed by atoms with van der Waals surface area (Å²) < 4.78 is 0. The molecule has 2 rings (SSSR count). The van der Waals surface area contributed by atoms with Gasteiger partial charge in [0.15, 0.2) is 0 Å². The molecule has 0 saturated heterocycles. The predicted octanol–water partition coefficient (Wildman–Crippen LogP) is 2.18. The van der Waals surface area contributed by atoms with Crippen LogP contribution in [0.1, 0.15) is 11.1 Å². The molecule has 0 fully saturated rings. The Hall–Kier alpha value is -1.87. The van der Waals surface area contributed by atoms with Gasteiger partial charge in [0, 0.05) is 31.9 Å². The molecule has 0 aliphatic carbocycles. The van der Waals surface area contributed by atoms with Gasteiger partial charge in [-0.1, -0.05) is 36.4 Å². The molecule has 88 valence electrons. The molecule has 0 bridgehead atoms. The number of nitrogens with two attached hydrogens (primary N) is 1. The fourth-order valence-electron chi connectivity index (χ4n) is 1.87. The summed E-state index contributed by atoms with van der Waals surface area (Å²) in [6, 6.07) is 14.3. The van der Waals surface area contributed by atoms with Crippen LogP contribution in [0.15, 0.2) is 48.7 Å². The largest absolute Gasteiger partial charge is 0.355 e. The third-order valence-corrected chi connectivity index (χ3v) is 2.71. The van der Waals surface area contributed by atoms with Crippen LogP contribution >= 0.6 is 0 Å². The van der Waals surface area contributed by atoms with E-state index in [4.69, 9.17) is 5.73 Å². The van der Waals surface area contributed by atoms with E-state index in [0.717, 1.165) is 17.9 Å². The van der Waals surface area contributed by atoms with Crippen molar-refractivity contribution in [3.05, 3.63) is 59.8 Å². The number of aromatic nitrogens is 1. The van der Waals surface area contributed by atoms with E-state index in [-0.39, 0.29) is 0 Å². The quantitative estimate of drug-likeness (QED) is 0.870. The average Bonchev–Trinajstić information content (AvgIpc) is 2.40. The van der Waals surface area contributed by atoms with Gasteiger partial charge in [-0.25, -0.2) is 4.98 Å². The van der Waals surface area contributed by atoms with E-state index in [2.05, 4.69) is 22.0 Å². The Morgan fingerprint density at radius 2 is 1.88 bits per heavy atom. The molecule has 1 aromatic heterocycles. The first-order valence-electron chi connectivity index (χ1n) is 5.70. The Morgan fingerprint density at radius 1 is 1.12 bits per heavy atom. The standard InChI is InChI=1S/C14H17N3/c1-17(11-12-6-3-2-4-7-12)14-13(10-15)8-5-9-16-14/h2-9H,10-11,15H2,1H3. The van der Waals surface area contributed by atoms with Gasteiger partial charge in [0.25, 0.3) is 0 Å². The molecular weight excluding hydrogens is 210 g/mol. The average molecular weight is 227 g/mol. The van der Waals surface area contributed by atoms with Gasteiger partial charge in [0.2, 0.25) is 0 Å². The Kier molecular flexibility index (Phi) is 3.73. The van der Waals surface area contributed by atoms with E-state index < -0.39 is 0 Å². The first-order valence-corrected chi connectivity index (χ1v) is 5.70. The summed E-state index contributed by atoms with van der Waals surface area (Å²) in [7, 11) is 2.04. The molecule has 0 radical (unpaired) electrons. The summed E-state index contributed by atoms with van der Waals surface area (Å²) in [4.78, 5) is 6.51. The normalized spacial score (nSPS) is 10.2. The van der Waals surface area contributed by atoms with Crippen molar-refractivity contribution in [2.45, 2.75) is 13.1 Å². The van der Waals surface area contributed by atoms with Crippen molar-refractivity contribution < 1.29 is 0 Å². The number of benzene rings is 1. The zero-order valence-electron chi connectivity index (χ0n) is 10.0. The lowest BCUT2D eigenvalue weighted by Crippen LogP contribution is -2.20. The zero-order valence-corrected chi connectivity index (χ0v) is 10.0. The molecule has 0 unspecified atom stereocenters. The number of hydrogen-bond acceptors (Lipinski definition) is 3. The van der Waals surface area contributed by atoms with Crippen LogP contribution < -0.4 is 10.6 Å². The number of nitrogens with zero attached hydrogens (tertiary/aromatic N) is 2. The third-order valence-electron chi connectivity index (χ3n) is 2.71. The summed E-state index contributed by atoms with van der Waals surface area (Å²) in [5.41, 5.74) is 8.06. The van der Waals surface area contributed by atoms with Gasteiger partial charge in [-0.2, -0.15) is 0 Å². The maximum atomic E-state index is 5.72. The summed E-state index contributed by atoms with van der Waals surface area (Å²) in [6.45, 7) is 1.35. The smallest absolute Gasteiger partial charge is 0.133 e. The molecule has 3 heteroatoms. The second kappa shape index (κ2) is 5.46. The van der Waals surface area contributed by atoms with Crippen LogP contribution in [0, 0.1) is 0 Å². The molecule has 0 aliphatic heterocycles. The molecule has 0 atom stereocenters. The zero-order chi connectivity index (χ0) is 12.1. The minimum atomic E-state index is 0.516. The molecule has 0 saturated carbocycles. The van der Waals surface area contributed by atoms with Crippen molar-refractivity contribution in [1.82, 2.24) is 4.98 Å². The number of hydrogen-bond donors (Lipinski definition) is 1. The van der Waals surface area contributed by atoms with Crippen LogP contribution in [0.25, 0.3) is 0 Å². The Morgan fingerprint density at radius 3 is 2.59 bits per heavy atom. The number of rotatable bonds is 4. The highest BCUT2D eigenvalue weighted by atomic mass is 15.2. The summed E-state index contributed by atoms with van der Waals surface area (Å²) in [6.07, 6.45) is 1.80. The van der Waals surface area contributed by atoms with E-state index >= 15 is 0 Å². The van der Waals surface area contributed by atoms with E-state index in [1.54, 1.807) is 6.20 Å². The second-order valence-corrected chi connectivity index (χ2v) is 4.03. The van der Waals surface area contributed by atoms with Gasteiger partial charge in [0.1, 0.15) is 5.82 Å². The van der Waals surface area contributed by atoms with Crippen molar-refractivity contribution in [1.29, 1.82) is 0 Å². The van der Waals surface area contributed by atoms with Crippen molar-refractivity contribution in [2.75, 3.05) is 11.9 Å². The highest BCUT2D eigenvalue weighted by Crippen LogP contribution is 2.17. The molecule has 17 heavy (non-hydrogen) atoms. The monoisotopic (exact) mass is 227 g/mol. The summed E-state index contributed by atoms with van der Waals surface area (Å²) >= 11 is 0. The van der Waals surface area contributed by atoms with Gasteiger partial charge in [-0.05, 0) is 11.6 Å². The second-order valence-electron chi connectivity index (χ2n) is 4.03. The third kappa shape index (κ3) is 2.82. The van der Waals surface area contributed by atoms with Crippen LogP contribution in [0.2, 0.25) is 0 Å². The fraction of sp³-hybridized carbons (Fsp3) is 0.214. The molecule has 0 spiro atoms. The van der Waals surface area contributed by atoms with Crippen molar-refractivity contribution in [3.8, 4) is 0 Å². The van der Waals surface area contributed by atoms with E-state index in [9.17, 15) is 0 Å². The topological polar surface area (TPSA) is 42.2 Å². The Labute approximate surface area is 102 Å². The maximum Gasteiger partial charge on any atom is 0.133 e. The summed E-state index contributed by atoms with van der Waals surface area (Å²) in [5.74, 6) is 0.957.